The van der Waals surface area contributed by atoms with E-state index in [2.05, 4.69) is 41.9 Å². The van der Waals surface area contributed by atoms with Crippen LogP contribution in [0.25, 0.3) is 11.0 Å². The molecule has 0 unspecified atom stereocenters. The number of amides is 1. The third-order valence-corrected chi connectivity index (χ3v) is 5.27. The molecule has 3 aromatic rings. The van der Waals surface area contributed by atoms with E-state index in [1.54, 1.807) is 0 Å². The lowest BCUT2D eigenvalue weighted by atomic mass is 10.1. The summed E-state index contributed by atoms with van der Waals surface area (Å²) in [6, 6.07) is 14.3. The van der Waals surface area contributed by atoms with E-state index in [0.29, 0.717) is 12.5 Å². The highest BCUT2D eigenvalue weighted by molar-refractivity contribution is 5.77. The number of para-hydroxylation sites is 2. The molecule has 5 nitrogen and oxygen atoms in total. The number of aromatic nitrogens is 2. The average Bonchev–Trinajstić information content (AvgIpc) is 3.07. The molecule has 0 saturated carbocycles. The number of benzene rings is 2. The topological polar surface area (TPSA) is 56.1 Å². The Balaban J connectivity index is 1.50. The molecule has 0 aliphatic carbocycles. The number of fused-ring (bicyclic) bond motifs is 1. The zero-order chi connectivity index (χ0) is 21.5. The van der Waals surface area contributed by atoms with Gasteiger partial charge in [-0.1, -0.05) is 38.1 Å². The van der Waals surface area contributed by atoms with Crippen molar-refractivity contribution in [3.8, 4) is 5.75 Å². The van der Waals surface area contributed by atoms with Gasteiger partial charge in [0.1, 0.15) is 11.6 Å². The Morgan fingerprint density at radius 2 is 1.97 bits per heavy atom. The fourth-order valence-corrected chi connectivity index (χ4v) is 3.48. The Bertz CT molecular complexity index is 991. The summed E-state index contributed by atoms with van der Waals surface area (Å²) >= 11 is 0. The van der Waals surface area contributed by atoms with Crippen molar-refractivity contribution in [3.63, 3.8) is 0 Å². The number of carbonyl (C=O) groups is 1. The minimum Gasteiger partial charge on any atom is -0.483 e. The van der Waals surface area contributed by atoms with E-state index in [9.17, 15) is 4.79 Å². The number of imidazole rings is 1. The number of hydrogen-bond acceptors (Lipinski definition) is 3. The van der Waals surface area contributed by atoms with Crippen LogP contribution in [0, 0.1) is 19.8 Å². The summed E-state index contributed by atoms with van der Waals surface area (Å²) in [7, 11) is 0. The van der Waals surface area contributed by atoms with Gasteiger partial charge in [0.15, 0.2) is 6.61 Å². The summed E-state index contributed by atoms with van der Waals surface area (Å²) in [5, 5.41) is 2.96. The molecule has 0 saturated heterocycles. The molecule has 5 heteroatoms. The highest BCUT2D eigenvalue weighted by Crippen LogP contribution is 2.20. The number of carbonyl (C=O) groups excluding carboxylic acids is 1. The van der Waals surface area contributed by atoms with E-state index < -0.39 is 0 Å². The molecule has 30 heavy (non-hydrogen) atoms. The van der Waals surface area contributed by atoms with E-state index in [1.165, 1.54) is 5.52 Å². The Labute approximate surface area is 179 Å². The largest absolute Gasteiger partial charge is 0.483 e. The quantitative estimate of drug-likeness (QED) is 0.490. The van der Waals surface area contributed by atoms with E-state index in [4.69, 9.17) is 9.72 Å². The molecule has 1 heterocycles. The Morgan fingerprint density at radius 1 is 1.17 bits per heavy atom. The van der Waals surface area contributed by atoms with Gasteiger partial charge in [0, 0.05) is 19.5 Å². The Hall–Kier alpha value is -2.82. The monoisotopic (exact) mass is 407 g/mol. The van der Waals surface area contributed by atoms with Crippen molar-refractivity contribution >= 4 is 16.9 Å². The smallest absolute Gasteiger partial charge is 0.257 e. The van der Waals surface area contributed by atoms with Crippen LogP contribution in [-0.2, 0) is 17.8 Å². The average molecular weight is 408 g/mol. The van der Waals surface area contributed by atoms with E-state index in [-0.39, 0.29) is 12.5 Å². The van der Waals surface area contributed by atoms with Crippen LogP contribution in [0.2, 0.25) is 0 Å². The summed E-state index contributed by atoms with van der Waals surface area (Å²) in [6.07, 6.45) is 2.81. The normalized spacial score (nSPS) is 11.2. The molecule has 0 fully saturated rings. The highest BCUT2D eigenvalue weighted by Gasteiger charge is 2.11. The minimum atomic E-state index is -0.0933. The van der Waals surface area contributed by atoms with Gasteiger partial charge in [-0.2, -0.15) is 0 Å². The molecule has 0 bridgehead atoms. The van der Waals surface area contributed by atoms with Crippen molar-refractivity contribution in [1.29, 1.82) is 0 Å². The van der Waals surface area contributed by atoms with Crippen LogP contribution in [0.4, 0.5) is 0 Å². The lowest BCUT2D eigenvalue weighted by Gasteiger charge is -2.12. The van der Waals surface area contributed by atoms with Gasteiger partial charge in [0.05, 0.1) is 11.0 Å². The summed E-state index contributed by atoms with van der Waals surface area (Å²) in [5.41, 5.74) is 4.39. The first-order valence-electron chi connectivity index (χ1n) is 10.8. The van der Waals surface area contributed by atoms with Gasteiger partial charge in [0.25, 0.3) is 5.91 Å². The molecule has 2 aromatic carbocycles. The van der Waals surface area contributed by atoms with Crippen LogP contribution in [0.15, 0.2) is 42.5 Å². The van der Waals surface area contributed by atoms with Crippen LogP contribution in [0.1, 0.15) is 43.6 Å². The number of aryl methyl sites for hydroxylation is 4. The number of hydrogen-bond donors (Lipinski definition) is 1. The lowest BCUT2D eigenvalue weighted by Crippen LogP contribution is -2.30. The molecule has 160 valence electrons. The molecular formula is C25H33N3O2. The van der Waals surface area contributed by atoms with Crippen molar-refractivity contribution in [2.45, 2.75) is 53.5 Å². The zero-order valence-electron chi connectivity index (χ0n) is 18.6. The second-order valence-corrected chi connectivity index (χ2v) is 8.36. The second-order valence-electron chi connectivity index (χ2n) is 8.36. The summed E-state index contributed by atoms with van der Waals surface area (Å²) < 4.78 is 8.01. The van der Waals surface area contributed by atoms with Crippen LogP contribution in [-0.4, -0.2) is 28.6 Å². The van der Waals surface area contributed by atoms with Crippen molar-refractivity contribution in [1.82, 2.24) is 14.9 Å². The second kappa shape index (κ2) is 10.3. The first kappa shape index (κ1) is 21.9. The maximum absolute atomic E-state index is 12.2. The van der Waals surface area contributed by atoms with E-state index >= 15 is 0 Å². The van der Waals surface area contributed by atoms with E-state index in [0.717, 1.165) is 54.0 Å². The molecule has 0 spiro atoms. The third-order valence-electron chi connectivity index (χ3n) is 5.27. The van der Waals surface area contributed by atoms with Crippen LogP contribution >= 0.6 is 0 Å². The summed E-state index contributed by atoms with van der Waals surface area (Å²) in [4.78, 5) is 17.0. The predicted octanol–water partition coefficient (Wildman–Crippen LogP) is 4.83. The molecule has 0 aliphatic rings. The van der Waals surface area contributed by atoms with E-state index in [1.807, 2.05) is 38.1 Å². The predicted molar refractivity (Wildman–Crippen MR) is 122 cm³/mol. The number of nitrogens with one attached hydrogen (secondary N) is 1. The first-order chi connectivity index (χ1) is 14.4. The fraction of sp³-hybridized carbons (Fsp3) is 0.440. The molecule has 1 N–H and O–H groups in total. The number of rotatable bonds is 10. The maximum atomic E-state index is 12.2. The molecular weight excluding hydrogens is 374 g/mol. The number of nitrogens with zero attached hydrogens (tertiary/aromatic N) is 2. The lowest BCUT2D eigenvalue weighted by molar-refractivity contribution is -0.123. The van der Waals surface area contributed by atoms with Gasteiger partial charge in [-0.3, -0.25) is 4.79 Å². The molecule has 3 rings (SSSR count). The van der Waals surface area contributed by atoms with Crippen LogP contribution < -0.4 is 10.1 Å². The van der Waals surface area contributed by atoms with Crippen molar-refractivity contribution in [3.05, 3.63) is 59.4 Å². The molecule has 0 radical (unpaired) electrons. The van der Waals surface area contributed by atoms with Gasteiger partial charge in [0.2, 0.25) is 0 Å². The Morgan fingerprint density at radius 3 is 2.77 bits per heavy atom. The highest BCUT2D eigenvalue weighted by atomic mass is 16.5. The first-order valence-corrected chi connectivity index (χ1v) is 10.8. The number of ether oxygens (including phenoxy) is 1. The van der Waals surface area contributed by atoms with Crippen LogP contribution in [0.5, 0.6) is 5.75 Å². The third kappa shape index (κ3) is 5.85. The molecule has 1 amide bonds. The zero-order valence-corrected chi connectivity index (χ0v) is 18.6. The summed E-state index contributed by atoms with van der Waals surface area (Å²) in [6.45, 7) is 10.1. The SMILES string of the molecule is Cc1ccc(C)c(OCC(=O)NCCCc2nc3ccccc3n2CCC(C)C)c1. The molecule has 1 aromatic heterocycles. The van der Waals surface area contributed by atoms with Gasteiger partial charge in [-0.15, -0.1) is 0 Å². The van der Waals surface area contributed by atoms with Crippen molar-refractivity contribution < 1.29 is 9.53 Å². The molecule has 0 aliphatic heterocycles. The van der Waals surface area contributed by atoms with Crippen molar-refractivity contribution in [2.75, 3.05) is 13.2 Å². The summed E-state index contributed by atoms with van der Waals surface area (Å²) in [5.74, 6) is 2.42. The Kier molecular flexibility index (Phi) is 7.50. The maximum Gasteiger partial charge on any atom is 0.257 e. The standard InChI is InChI=1S/C25H33N3O2/c1-18(2)13-15-28-22-9-6-5-8-21(22)27-24(28)10-7-14-26-25(29)17-30-23-16-19(3)11-12-20(23)4/h5-6,8-9,11-12,16,18H,7,10,13-15,17H2,1-4H3,(H,26,29). The minimum absolute atomic E-state index is 0.0389. The molecule has 0 atom stereocenters. The van der Waals surface area contributed by atoms with Gasteiger partial charge >= 0.3 is 0 Å². The van der Waals surface area contributed by atoms with Crippen LogP contribution in [0.3, 0.4) is 0 Å². The fourth-order valence-electron chi connectivity index (χ4n) is 3.48. The van der Waals surface area contributed by atoms with Gasteiger partial charge < -0.3 is 14.6 Å². The van der Waals surface area contributed by atoms with Crippen molar-refractivity contribution in [2.24, 2.45) is 5.92 Å². The van der Waals surface area contributed by atoms with Gasteiger partial charge in [-0.25, -0.2) is 4.98 Å². The van der Waals surface area contributed by atoms with Gasteiger partial charge in [-0.05, 0) is 61.9 Å².